The number of aryl methyl sites for hydroxylation is 3. The maximum Gasteiger partial charge on any atom is 0.110 e. The van der Waals surface area contributed by atoms with Gasteiger partial charge in [0, 0.05) is 32.4 Å². The van der Waals surface area contributed by atoms with Gasteiger partial charge in [-0.15, -0.1) is 0 Å². The Morgan fingerprint density at radius 3 is 2.79 bits per heavy atom. The largest absolute Gasteiger partial charge is 0.335 e. The van der Waals surface area contributed by atoms with Gasteiger partial charge >= 0.3 is 0 Å². The van der Waals surface area contributed by atoms with Crippen molar-refractivity contribution in [1.29, 1.82) is 0 Å². The number of nitrogens with zero attached hydrogens (tertiary/aromatic N) is 4. The normalized spacial score (nSPS) is 12.8. The highest BCUT2D eigenvalue weighted by atomic mass is 15.3. The lowest BCUT2D eigenvalue weighted by Crippen LogP contribution is -2.23. The molecule has 5 heteroatoms. The molecule has 0 bridgehead atoms. The Balaban J connectivity index is 2.19. The van der Waals surface area contributed by atoms with E-state index in [2.05, 4.69) is 39.2 Å². The first-order valence-corrected chi connectivity index (χ1v) is 6.83. The second-order valence-electron chi connectivity index (χ2n) is 4.92. The van der Waals surface area contributed by atoms with Crippen molar-refractivity contribution in [3.63, 3.8) is 0 Å². The molecule has 104 valence electrons. The zero-order valence-electron chi connectivity index (χ0n) is 12.2. The van der Waals surface area contributed by atoms with E-state index in [0.29, 0.717) is 0 Å². The van der Waals surface area contributed by atoms with Gasteiger partial charge in [0.25, 0.3) is 0 Å². The van der Waals surface area contributed by atoms with Crippen LogP contribution >= 0.6 is 0 Å². The average Bonchev–Trinajstić information content (AvgIpc) is 2.94. The highest BCUT2D eigenvalue weighted by Crippen LogP contribution is 2.18. The zero-order chi connectivity index (χ0) is 13.8. The van der Waals surface area contributed by atoms with Gasteiger partial charge in [0.2, 0.25) is 0 Å². The molecule has 0 aliphatic rings. The van der Waals surface area contributed by atoms with Gasteiger partial charge in [-0.05, 0) is 26.5 Å². The molecule has 0 saturated heterocycles. The SMILES string of the molecule is CCCn1ccnc1CC(NC)c1cc(C)nn1C. The van der Waals surface area contributed by atoms with Crippen LogP contribution in [-0.2, 0) is 20.0 Å². The number of hydrogen-bond acceptors (Lipinski definition) is 3. The van der Waals surface area contributed by atoms with Crippen LogP contribution in [0.2, 0.25) is 0 Å². The molecule has 2 aromatic rings. The third kappa shape index (κ3) is 3.04. The van der Waals surface area contributed by atoms with Crippen LogP contribution in [-0.4, -0.2) is 26.4 Å². The van der Waals surface area contributed by atoms with Crippen LogP contribution < -0.4 is 5.32 Å². The second-order valence-corrected chi connectivity index (χ2v) is 4.92. The van der Waals surface area contributed by atoms with Crippen molar-refractivity contribution in [3.05, 3.63) is 35.7 Å². The van der Waals surface area contributed by atoms with Crippen molar-refractivity contribution < 1.29 is 0 Å². The summed E-state index contributed by atoms with van der Waals surface area (Å²) in [5.41, 5.74) is 2.25. The summed E-state index contributed by atoms with van der Waals surface area (Å²) in [4.78, 5) is 4.48. The predicted molar refractivity (Wildman–Crippen MR) is 76.0 cm³/mol. The van der Waals surface area contributed by atoms with Crippen molar-refractivity contribution in [2.45, 2.75) is 39.3 Å². The van der Waals surface area contributed by atoms with E-state index in [-0.39, 0.29) is 6.04 Å². The van der Waals surface area contributed by atoms with E-state index in [4.69, 9.17) is 0 Å². The van der Waals surface area contributed by atoms with Crippen molar-refractivity contribution in [1.82, 2.24) is 24.6 Å². The maximum atomic E-state index is 4.48. The summed E-state index contributed by atoms with van der Waals surface area (Å²) >= 11 is 0. The Morgan fingerprint density at radius 1 is 1.42 bits per heavy atom. The highest BCUT2D eigenvalue weighted by molar-refractivity contribution is 5.15. The zero-order valence-corrected chi connectivity index (χ0v) is 12.2. The van der Waals surface area contributed by atoms with Gasteiger partial charge in [-0.3, -0.25) is 4.68 Å². The number of likely N-dealkylation sites (N-methyl/N-ethyl adjacent to an activating group) is 1. The summed E-state index contributed by atoms with van der Waals surface area (Å²) in [6.45, 7) is 5.23. The second kappa shape index (κ2) is 6.02. The summed E-state index contributed by atoms with van der Waals surface area (Å²) in [6.07, 6.45) is 5.94. The van der Waals surface area contributed by atoms with Crippen LogP contribution in [0.15, 0.2) is 18.5 Å². The van der Waals surface area contributed by atoms with Gasteiger partial charge in [0.1, 0.15) is 5.82 Å². The Hall–Kier alpha value is -1.62. The standard InChI is InChI=1S/C14H23N5/c1-5-7-19-8-6-16-14(19)10-12(15-3)13-9-11(2)17-18(13)4/h6,8-9,12,15H,5,7,10H2,1-4H3. The summed E-state index contributed by atoms with van der Waals surface area (Å²) < 4.78 is 4.18. The summed E-state index contributed by atoms with van der Waals surface area (Å²) in [5, 5.41) is 7.78. The molecule has 0 aromatic carbocycles. The molecule has 1 N–H and O–H groups in total. The smallest absolute Gasteiger partial charge is 0.110 e. The fourth-order valence-corrected chi connectivity index (χ4v) is 2.47. The Bertz CT molecular complexity index is 526. The van der Waals surface area contributed by atoms with E-state index in [1.54, 1.807) is 0 Å². The predicted octanol–water partition coefficient (Wildman–Crippen LogP) is 1.84. The molecule has 1 unspecified atom stereocenters. The minimum absolute atomic E-state index is 0.240. The van der Waals surface area contributed by atoms with Gasteiger partial charge in [-0.1, -0.05) is 6.92 Å². The van der Waals surface area contributed by atoms with Crippen LogP contribution in [0.25, 0.3) is 0 Å². The van der Waals surface area contributed by atoms with Crippen molar-refractivity contribution >= 4 is 0 Å². The first-order chi connectivity index (χ1) is 9.15. The molecule has 0 spiro atoms. The molecule has 2 heterocycles. The average molecular weight is 261 g/mol. The minimum atomic E-state index is 0.240. The topological polar surface area (TPSA) is 47.7 Å². The third-order valence-corrected chi connectivity index (χ3v) is 3.40. The van der Waals surface area contributed by atoms with Gasteiger partial charge in [0.05, 0.1) is 17.4 Å². The quantitative estimate of drug-likeness (QED) is 0.863. The van der Waals surface area contributed by atoms with Gasteiger partial charge in [-0.2, -0.15) is 5.10 Å². The fourth-order valence-electron chi connectivity index (χ4n) is 2.47. The van der Waals surface area contributed by atoms with E-state index in [9.17, 15) is 0 Å². The molecule has 0 saturated carbocycles. The van der Waals surface area contributed by atoms with Gasteiger partial charge in [0.15, 0.2) is 0 Å². The van der Waals surface area contributed by atoms with E-state index >= 15 is 0 Å². The molecule has 0 radical (unpaired) electrons. The molecule has 0 aliphatic carbocycles. The molecular formula is C14H23N5. The molecule has 5 nitrogen and oxygen atoms in total. The Labute approximate surface area is 114 Å². The first-order valence-electron chi connectivity index (χ1n) is 6.83. The molecule has 2 rings (SSSR count). The van der Waals surface area contributed by atoms with E-state index in [1.165, 1.54) is 5.69 Å². The molecule has 1 atom stereocenters. The maximum absolute atomic E-state index is 4.48. The highest BCUT2D eigenvalue weighted by Gasteiger charge is 2.17. The number of hydrogen-bond donors (Lipinski definition) is 1. The summed E-state index contributed by atoms with van der Waals surface area (Å²) in [6, 6.07) is 2.37. The number of aromatic nitrogens is 4. The van der Waals surface area contributed by atoms with Crippen molar-refractivity contribution in [3.8, 4) is 0 Å². The monoisotopic (exact) mass is 261 g/mol. The van der Waals surface area contributed by atoms with Crippen molar-refractivity contribution in [2.75, 3.05) is 7.05 Å². The lowest BCUT2D eigenvalue weighted by Gasteiger charge is -2.17. The van der Waals surface area contributed by atoms with E-state index < -0.39 is 0 Å². The molecule has 2 aromatic heterocycles. The molecular weight excluding hydrogens is 238 g/mol. The number of nitrogens with one attached hydrogen (secondary N) is 1. The van der Waals surface area contributed by atoms with Crippen LogP contribution in [0.3, 0.4) is 0 Å². The van der Waals surface area contributed by atoms with Crippen LogP contribution in [0.4, 0.5) is 0 Å². The van der Waals surface area contributed by atoms with Crippen LogP contribution in [0.1, 0.15) is 36.6 Å². The number of imidazole rings is 1. The minimum Gasteiger partial charge on any atom is -0.335 e. The van der Waals surface area contributed by atoms with Crippen LogP contribution in [0.5, 0.6) is 0 Å². The lowest BCUT2D eigenvalue weighted by molar-refractivity contribution is 0.508. The first kappa shape index (κ1) is 13.8. The molecule has 0 amide bonds. The van der Waals surface area contributed by atoms with Crippen LogP contribution in [0, 0.1) is 6.92 Å². The van der Waals surface area contributed by atoms with Gasteiger partial charge < -0.3 is 9.88 Å². The van der Waals surface area contributed by atoms with Gasteiger partial charge in [-0.25, -0.2) is 4.98 Å². The van der Waals surface area contributed by atoms with E-state index in [0.717, 1.165) is 30.9 Å². The Morgan fingerprint density at radius 2 is 2.21 bits per heavy atom. The fraction of sp³-hybridized carbons (Fsp3) is 0.571. The molecule has 0 fully saturated rings. The lowest BCUT2D eigenvalue weighted by atomic mass is 10.1. The number of rotatable bonds is 6. The summed E-state index contributed by atoms with van der Waals surface area (Å²) in [5.74, 6) is 1.13. The third-order valence-electron chi connectivity index (χ3n) is 3.40. The molecule has 19 heavy (non-hydrogen) atoms. The summed E-state index contributed by atoms with van der Waals surface area (Å²) in [7, 11) is 3.98. The Kier molecular flexibility index (Phi) is 4.37. The van der Waals surface area contributed by atoms with E-state index in [1.807, 2.05) is 31.9 Å². The molecule has 0 aliphatic heterocycles. The van der Waals surface area contributed by atoms with Crippen molar-refractivity contribution in [2.24, 2.45) is 7.05 Å².